The van der Waals surface area contributed by atoms with Crippen molar-refractivity contribution in [3.8, 4) is 0 Å². The molecule has 0 N–H and O–H groups in total. The van der Waals surface area contributed by atoms with Crippen molar-refractivity contribution in [1.29, 1.82) is 0 Å². The van der Waals surface area contributed by atoms with Crippen LogP contribution >= 0.6 is 0 Å². The van der Waals surface area contributed by atoms with Gasteiger partial charge in [0.15, 0.2) is 0 Å². The lowest BCUT2D eigenvalue weighted by atomic mass is 9.99. The average Bonchev–Trinajstić information content (AvgIpc) is 2.74. The van der Waals surface area contributed by atoms with Gasteiger partial charge < -0.3 is 0 Å². The minimum atomic E-state index is 0.709. The van der Waals surface area contributed by atoms with Gasteiger partial charge in [0, 0.05) is 0 Å². The summed E-state index contributed by atoms with van der Waals surface area (Å²) in [6, 6.07) is 21.3. The predicted molar refractivity (Wildman–Crippen MR) is 125 cm³/mol. The van der Waals surface area contributed by atoms with Crippen LogP contribution in [0.15, 0.2) is 72.3 Å². The van der Waals surface area contributed by atoms with Gasteiger partial charge in [0.05, 0.1) is 0 Å². The standard InChI is InChI=1S/2C10H14.C7H14/c2*1-3-9(2)10-7-5-4-6-8-10;1-4-6-7(3)5-2/h2*4-9H,3H2,1-2H3;6H,4-5H2,1-3H3/b;;7-6+. The fourth-order valence-corrected chi connectivity index (χ4v) is 2.53. The maximum atomic E-state index is 2.26. The lowest BCUT2D eigenvalue weighted by Gasteiger charge is -2.06. The van der Waals surface area contributed by atoms with E-state index in [1.807, 2.05) is 0 Å². The zero-order valence-electron chi connectivity index (χ0n) is 18.8. The molecule has 2 aromatic rings. The van der Waals surface area contributed by atoms with Crippen molar-refractivity contribution in [3.63, 3.8) is 0 Å². The zero-order chi connectivity index (χ0) is 20.5. The van der Waals surface area contributed by atoms with Gasteiger partial charge in [-0.15, -0.1) is 0 Å². The topological polar surface area (TPSA) is 0 Å². The van der Waals surface area contributed by atoms with E-state index in [0.29, 0.717) is 11.8 Å². The predicted octanol–water partition coefficient (Wildman–Crippen LogP) is 9.15. The molecule has 0 aliphatic carbocycles. The molecule has 0 radical (unpaired) electrons. The second-order valence-electron chi connectivity index (χ2n) is 7.25. The summed E-state index contributed by atoms with van der Waals surface area (Å²) in [5.74, 6) is 1.42. The normalized spacial score (nSPS) is 12.8. The van der Waals surface area contributed by atoms with Crippen LogP contribution < -0.4 is 0 Å². The zero-order valence-corrected chi connectivity index (χ0v) is 18.8. The molecule has 0 amide bonds. The second kappa shape index (κ2) is 16.4. The van der Waals surface area contributed by atoms with Crippen LogP contribution in [0.3, 0.4) is 0 Å². The van der Waals surface area contributed by atoms with E-state index >= 15 is 0 Å². The van der Waals surface area contributed by atoms with E-state index in [-0.39, 0.29) is 0 Å². The van der Waals surface area contributed by atoms with E-state index < -0.39 is 0 Å². The van der Waals surface area contributed by atoms with Gasteiger partial charge >= 0.3 is 0 Å². The second-order valence-corrected chi connectivity index (χ2v) is 7.25. The fraction of sp³-hybridized carbons (Fsp3) is 0.481. The summed E-state index contributed by atoms with van der Waals surface area (Å²) in [4.78, 5) is 0. The van der Waals surface area contributed by atoms with Crippen LogP contribution in [0.5, 0.6) is 0 Å². The van der Waals surface area contributed by atoms with E-state index in [2.05, 4.69) is 115 Å². The summed E-state index contributed by atoms with van der Waals surface area (Å²) in [6.45, 7) is 15.5. The van der Waals surface area contributed by atoms with Gasteiger partial charge in [-0.2, -0.15) is 0 Å². The highest BCUT2D eigenvalue weighted by molar-refractivity contribution is 5.19. The van der Waals surface area contributed by atoms with Crippen molar-refractivity contribution in [2.45, 2.75) is 86.0 Å². The number of hydrogen-bond acceptors (Lipinski definition) is 0. The largest absolute Gasteiger partial charge is 0.0859 e. The molecule has 0 bridgehead atoms. The quantitative estimate of drug-likeness (QED) is 0.447. The molecule has 0 aliphatic heterocycles. The molecule has 0 fully saturated rings. The van der Waals surface area contributed by atoms with Crippen LogP contribution in [-0.2, 0) is 0 Å². The third-order valence-corrected chi connectivity index (χ3v) is 5.07. The molecular formula is C27H42. The molecule has 150 valence electrons. The Morgan fingerprint density at radius 2 is 1.07 bits per heavy atom. The van der Waals surface area contributed by atoms with Crippen LogP contribution in [0, 0.1) is 0 Å². The highest BCUT2D eigenvalue weighted by atomic mass is 14.0. The first-order chi connectivity index (χ1) is 13.0. The number of hydrogen-bond donors (Lipinski definition) is 0. The van der Waals surface area contributed by atoms with Gasteiger partial charge in [0.25, 0.3) is 0 Å². The van der Waals surface area contributed by atoms with Gasteiger partial charge in [-0.1, -0.05) is 114 Å². The van der Waals surface area contributed by atoms with Gasteiger partial charge in [-0.05, 0) is 55.6 Å². The summed E-state index contributed by atoms with van der Waals surface area (Å²) >= 11 is 0. The number of rotatable bonds is 6. The summed E-state index contributed by atoms with van der Waals surface area (Å²) < 4.78 is 0. The molecule has 2 atom stereocenters. The first-order valence-electron chi connectivity index (χ1n) is 10.7. The molecule has 0 saturated heterocycles. The Balaban J connectivity index is 0.000000384. The van der Waals surface area contributed by atoms with E-state index in [0.717, 1.165) is 0 Å². The fourth-order valence-electron chi connectivity index (χ4n) is 2.53. The third kappa shape index (κ3) is 12.2. The van der Waals surface area contributed by atoms with Gasteiger partial charge in [-0.3, -0.25) is 0 Å². The third-order valence-electron chi connectivity index (χ3n) is 5.07. The smallest absolute Gasteiger partial charge is 0.0193 e. The van der Waals surface area contributed by atoms with E-state index in [4.69, 9.17) is 0 Å². The molecule has 0 aromatic heterocycles. The molecule has 0 aliphatic rings. The minimum absolute atomic E-state index is 0.709. The Kier molecular flexibility index (Phi) is 15.3. The molecule has 0 heterocycles. The Morgan fingerprint density at radius 1 is 0.704 bits per heavy atom. The van der Waals surface area contributed by atoms with Crippen LogP contribution in [-0.4, -0.2) is 0 Å². The Labute approximate surface area is 169 Å². The van der Waals surface area contributed by atoms with Crippen LogP contribution in [0.1, 0.15) is 97.1 Å². The Bertz CT molecular complexity index is 534. The van der Waals surface area contributed by atoms with Crippen molar-refractivity contribution in [2.24, 2.45) is 0 Å². The maximum absolute atomic E-state index is 2.26. The first kappa shape index (κ1) is 25.2. The van der Waals surface area contributed by atoms with E-state index in [1.54, 1.807) is 0 Å². The van der Waals surface area contributed by atoms with Crippen molar-refractivity contribution < 1.29 is 0 Å². The number of benzene rings is 2. The molecule has 0 saturated carbocycles. The molecule has 0 nitrogen and oxygen atoms in total. The molecule has 27 heavy (non-hydrogen) atoms. The number of allylic oxidation sites excluding steroid dienone is 2. The molecule has 0 spiro atoms. The summed E-state index contributed by atoms with van der Waals surface area (Å²) in [7, 11) is 0. The Morgan fingerprint density at radius 3 is 1.30 bits per heavy atom. The van der Waals surface area contributed by atoms with Crippen molar-refractivity contribution in [2.75, 3.05) is 0 Å². The maximum Gasteiger partial charge on any atom is -0.0193 e. The van der Waals surface area contributed by atoms with Gasteiger partial charge in [0.1, 0.15) is 0 Å². The Hall–Kier alpha value is -1.82. The van der Waals surface area contributed by atoms with Crippen molar-refractivity contribution in [1.82, 2.24) is 0 Å². The lowest BCUT2D eigenvalue weighted by molar-refractivity contribution is 0.733. The summed E-state index contributed by atoms with van der Waals surface area (Å²) in [6.07, 6.45) is 7.10. The van der Waals surface area contributed by atoms with Crippen LogP contribution in [0.2, 0.25) is 0 Å². The molecule has 2 aromatic carbocycles. The SMILES string of the molecule is CC/C=C(\C)CC.CCC(C)c1ccccc1.CCC(C)c1ccccc1. The average molecular weight is 367 g/mol. The van der Waals surface area contributed by atoms with Crippen molar-refractivity contribution in [3.05, 3.63) is 83.4 Å². The van der Waals surface area contributed by atoms with Gasteiger partial charge in [-0.25, -0.2) is 0 Å². The lowest BCUT2D eigenvalue weighted by Crippen LogP contribution is -1.88. The molecule has 2 unspecified atom stereocenters. The highest BCUT2D eigenvalue weighted by Gasteiger charge is 1.99. The molecule has 2 rings (SSSR count). The summed E-state index contributed by atoms with van der Waals surface area (Å²) in [5, 5.41) is 0. The summed E-state index contributed by atoms with van der Waals surface area (Å²) in [5.41, 5.74) is 4.40. The van der Waals surface area contributed by atoms with E-state index in [9.17, 15) is 0 Å². The molecular weight excluding hydrogens is 324 g/mol. The first-order valence-corrected chi connectivity index (χ1v) is 10.7. The minimum Gasteiger partial charge on any atom is -0.0859 e. The van der Waals surface area contributed by atoms with Crippen LogP contribution in [0.4, 0.5) is 0 Å². The highest BCUT2D eigenvalue weighted by Crippen LogP contribution is 2.17. The van der Waals surface area contributed by atoms with Crippen molar-refractivity contribution >= 4 is 0 Å². The van der Waals surface area contributed by atoms with Gasteiger partial charge in [0.2, 0.25) is 0 Å². The van der Waals surface area contributed by atoms with Crippen LogP contribution in [0.25, 0.3) is 0 Å². The van der Waals surface area contributed by atoms with E-state index in [1.165, 1.54) is 42.4 Å². The monoisotopic (exact) mass is 366 g/mol. The molecule has 0 heteroatoms.